The fourth-order valence-corrected chi connectivity index (χ4v) is 3.49. The number of rotatable bonds is 6. The molecular weight excluding hydrogens is 342 g/mol. The van der Waals surface area contributed by atoms with E-state index in [1.165, 1.54) is 6.07 Å². The van der Waals surface area contributed by atoms with Crippen molar-refractivity contribution in [3.05, 3.63) is 27.7 Å². The molecule has 0 aliphatic heterocycles. The quantitative estimate of drug-likeness (QED) is 0.852. The molecule has 1 rings (SSSR count). The molecule has 1 aromatic carbocycles. The average Bonchev–Trinajstić information content (AvgIpc) is 2.26. The molecule has 18 heavy (non-hydrogen) atoms. The summed E-state index contributed by atoms with van der Waals surface area (Å²) in [6, 6.07) is 4.63. The van der Waals surface area contributed by atoms with Crippen LogP contribution in [0.2, 0.25) is 5.02 Å². The van der Waals surface area contributed by atoms with E-state index in [0.717, 1.165) is 4.47 Å². The molecule has 0 saturated heterocycles. The fraction of sp³-hybridized carbons (Fsp3) is 0.455. The summed E-state index contributed by atoms with van der Waals surface area (Å²) in [6.07, 6.45) is -0.181. The predicted octanol–water partition coefficient (Wildman–Crippen LogP) is 2.81. The minimum atomic E-state index is -3.60. The molecule has 0 fully saturated rings. The van der Waals surface area contributed by atoms with Crippen molar-refractivity contribution in [1.82, 2.24) is 4.72 Å². The number of nitrogens with one attached hydrogen (secondary N) is 1. The van der Waals surface area contributed by atoms with Crippen LogP contribution in [0.3, 0.4) is 0 Å². The number of benzene rings is 1. The third kappa shape index (κ3) is 4.51. The molecule has 0 saturated carbocycles. The number of halogens is 2. The molecule has 0 aromatic heterocycles. The average molecular weight is 357 g/mol. The van der Waals surface area contributed by atoms with Gasteiger partial charge >= 0.3 is 0 Å². The maximum atomic E-state index is 12.0. The molecule has 1 atom stereocenters. The third-order valence-corrected chi connectivity index (χ3v) is 4.60. The molecular formula is C11H15BrClNO3S. The summed E-state index contributed by atoms with van der Waals surface area (Å²) in [7, 11) is -3.60. The zero-order valence-electron chi connectivity index (χ0n) is 10.1. The highest BCUT2D eigenvalue weighted by Gasteiger charge is 2.18. The first-order valence-electron chi connectivity index (χ1n) is 5.43. The summed E-state index contributed by atoms with van der Waals surface area (Å²) in [6.45, 7) is 4.41. The van der Waals surface area contributed by atoms with E-state index in [4.69, 9.17) is 16.3 Å². The normalized spacial score (nSPS) is 13.6. The first kappa shape index (κ1) is 15.9. The Balaban J connectivity index is 2.80. The Morgan fingerprint density at radius 3 is 2.72 bits per heavy atom. The van der Waals surface area contributed by atoms with Gasteiger partial charge in [0.1, 0.15) is 4.90 Å². The second kappa shape index (κ2) is 6.86. The Bertz CT molecular complexity index is 507. The van der Waals surface area contributed by atoms with E-state index in [1.54, 1.807) is 19.1 Å². The van der Waals surface area contributed by atoms with Crippen LogP contribution in [0.25, 0.3) is 0 Å². The molecule has 0 heterocycles. The number of hydrogen-bond donors (Lipinski definition) is 1. The molecule has 0 aliphatic carbocycles. The van der Waals surface area contributed by atoms with Gasteiger partial charge in [0.25, 0.3) is 0 Å². The summed E-state index contributed by atoms with van der Waals surface area (Å²) >= 11 is 9.14. The highest BCUT2D eigenvalue weighted by molar-refractivity contribution is 9.10. The van der Waals surface area contributed by atoms with E-state index in [2.05, 4.69) is 20.7 Å². The van der Waals surface area contributed by atoms with Gasteiger partial charge in [-0.15, -0.1) is 0 Å². The van der Waals surface area contributed by atoms with E-state index >= 15 is 0 Å². The zero-order chi connectivity index (χ0) is 13.8. The second-order valence-electron chi connectivity index (χ2n) is 3.69. The molecule has 0 bridgehead atoms. The second-order valence-corrected chi connectivity index (χ2v) is 6.75. The van der Waals surface area contributed by atoms with Crippen LogP contribution in [0, 0.1) is 0 Å². The summed E-state index contributed by atoms with van der Waals surface area (Å²) in [4.78, 5) is 0.0658. The first-order chi connectivity index (χ1) is 8.36. The van der Waals surface area contributed by atoms with Crippen molar-refractivity contribution >= 4 is 37.6 Å². The van der Waals surface area contributed by atoms with E-state index in [-0.39, 0.29) is 22.6 Å². The molecule has 0 amide bonds. The van der Waals surface area contributed by atoms with Crippen molar-refractivity contribution in [1.29, 1.82) is 0 Å². The van der Waals surface area contributed by atoms with Crippen LogP contribution in [0.1, 0.15) is 13.8 Å². The van der Waals surface area contributed by atoms with Gasteiger partial charge in [-0.25, -0.2) is 13.1 Å². The molecule has 4 nitrogen and oxygen atoms in total. The maximum Gasteiger partial charge on any atom is 0.242 e. The molecule has 0 aliphatic rings. The van der Waals surface area contributed by atoms with Gasteiger partial charge in [0.2, 0.25) is 10.0 Å². The van der Waals surface area contributed by atoms with Crippen molar-refractivity contribution in [3.8, 4) is 0 Å². The molecule has 1 aromatic rings. The Morgan fingerprint density at radius 1 is 1.50 bits per heavy atom. The van der Waals surface area contributed by atoms with Crippen LogP contribution in [0.15, 0.2) is 27.6 Å². The standard InChI is InChI=1S/C11H15BrClNO3S/c1-3-17-8(2)7-14-18(15,16)11-5-4-9(12)6-10(11)13/h4-6,8,14H,3,7H2,1-2H3. The van der Waals surface area contributed by atoms with Gasteiger partial charge in [-0.1, -0.05) is 27.5 Å². The monoisotopic (exact) mass is 355 g/mol. The molecule has 1 unspecified atom stereocenters. The van der Waals surface area contributed by atoms with Gasteiger partial charge in [0, 0.05) is 17.6 Å². The van der Waals surface area contributed by atoms with E-state index in [9.17, 15) is 8.42 Å². The Kier molecular flexibility index (Phi) is 6.07. The van der Waals surface area contributed by atoms with E-state index in [1.807, 2.05) is 6.92 Å². The highest BCUT2D eigenvalue weighted by atomic mass is 79.9. The van der Waals surface area contributed by atoms with Crippen molar-refractivity contribution in [2.75, 3.05) is 13.2 Å². The van der Waals surface area contributed by atoms with Crippen LogP contribution in [-0.4, -0.2) is 27.7 Å². The summed E-state index contributed by atoms with van der Waals surface area (Å²) < 4.78 is 32.5. The van der Waals surface area contributed by atoms with Gasteiger partial charge in [0.15, 0.2) is 0 Å². The summed E-state index contributed by atoms with van der Waals surface area (Å²) in [5.41, 5.74) is 0. The molecule has 1 N–H and O–H groups in total. The SMILES string of the molecule is CCOC(C)CNS(=O)(=O)c1ccc(Br)cc1Cl. The summed E-state index contributed by atoms with van der Waals surface area (Å²) in [5.74, 6) is 0. The van der Waals surface area contributed by atoms with Crippen LogP contribution >= 0.6 is 27.5 Å². The smallest absolute Gasteiger partial charge is 0.242 e. The lowest BCUT2D eigenvalue weighted by Crippen LogP contribution is -2.32. The topological polar surface area (TPSA) is 55.4 Å². The lowest BCUT2D eigenvalue weighted by molar-refractivity contribution is 0.0799. The van der Waals surface area contributed by atoms with Crippen LogP contribution in [-0.2, 0) is 14.8 Å². The lowest BCUT2D eigenvalue weighted by Gasteiger charge is -2.13. The van der Waals surface area contributed by atoms with Crippen LogP contribution in [0.4, 0.5) is 0 Å². The van der Waals surface area contributed by atoms with Gasteiger partial charge in [-0.3, -0.25) is 0 Å². The Morgan fingerprint density at radius 2 is 2.17 bits per heavy atom. The van der Waals surface area contributed by atoms with E-state index < -0.39 is 10.0 Å². The predicted molar refractivity (Wildman–Crippen MR) is 75.4 cm³/mol. The third-order valence-electron chi connectivity index (χ3n) is 2.20. The number of ether oxygens (including phenoxy) is 1. The van der Waals surface area contributed by atoms with Gasteiger partial charge in [0.05, 0.1) is 11.1 Å². The minimum absolute atomic E-state index is 0.0658. The Labute approximate surface area is 121 Å². The Hall–Kier alpha value is -0.140. The minimum Gasteiger partial charge on any atom is -0.377 e. The first-order valence-corrected chi connectivity index (χ1v) is 8.08. The van der Waals surface area contributed by atoms with E-state index in [0.29, 0.717) is 6.61 Å². The van der Waals surface area contributed by atoms with Gasteiger partial charge in [-0.2, -0.15) is 0 Å². The van der Waals surface area contributed by atoms with Crippen LogP contribution in [0.5, 0.6) is 0 Å². The maximum absolute atomic E-state index is 12.0. The van der Waals surface area contributed by atoms with Crippen molar-refractivity contribution in [3.63, 3.8) is 0 Å². The molecule has 0 spiro atoms. The lowest BCUT2D eigenvalue weighted by atomic mass is 10.4. The highest BCUT2D eigenvalue weighted by Crippen LogP contribution is 2.24. The molecule has 102 valence electrons. The van der Waals surface area contributed by atoms with Crippen molar-refractivity contribution in [2.45, 2.75) is 24.8 Å². The molecule has 7 heteroatoms. The van der Waals surface area contributed by atoms with Crippen molar-refractivity contribution < 1.29 is 13.2 Å². The van der Waals surface area contributed by atoms with Crippen molar-refractivity contribution in [2.24, 2.45) is 0 Å². The van der Waals surface area contributed by atoms with Gasteiger partial charge < -0.3 is 4.74 Å². The summed E-state index contributed by atoms with van der Waals surface area (Å²) in [5, 5.41) is 0.181. The van der Waals surface area contributed by atoms with Gasteiger partial charge in [-0.05, 0) is 32.0 Å². The zero-order valence-corrected chi connectivity index (χ0v) is 13.3. The fourth-order valence-electron chi connectivity index (χ4n) is 1.34. The largest absolute Gasteiger partial charge is 0.377 e. The molecule has 0 radical (unpaired) electrons. The number of hydrogen-bond acceptors (Lipinski definition) is 3. The van der Waals surface area contributed by atoms with Crippen LogP contribution < -0.4 is 4.72 Å². The number of sulfonamides is 1.